The number of anilines is 1. The fourth-order valence-corrected chi connectivity index (χ4v) is 3.62. The number of aromatic nitrogens is 1. The monoisotopic (exact) mass is 375 g/mol. The summed E-state index contributed by atoms with van der Waals surface area (Å²) >= 11 is 1.45. The molecule has 1 N–H and O–H groups in total. The Morgan fingerprint density at radius 2 is 1.93 bits per heavy atom. The molecule has 3 rings (SSSR count). The molecular weight excluding hydrogens is 354 g/mol. The minimum absolute atomic E-state index is 0.0451. The van der Waals surface area contributed by atoms with Crippen LogP contribution in [-0.2, 0) is 4.79 Å². The number of amides is 1. The second-order valence-corrected chi connectivity index (χ2v) is 7.65. The lowest BCUT2D eigenvalue weighted by molar-refractivity contribution is -0.115. The van der Waals surface area contributed by atoms with Crippen molar-refractivity contribution in [2.75, 3.05) is 11.1 Å². The second kappa shape index (κ2) is 8.70. The number of hydrogen-bond acceptors (Lipinski definition) is 4. The number of carbonyl (C=O) groups is 1. The van der Waals surface area contributed by atoms with E-state index in [1.807, 2.05) is 48.5 Å². The molecule has 1 aromatic heterocycles. The number of rotatable bonds is 6. The third-order valence-corrected chi connectivity index (χ3v) is 5.19. The zero-order valence-corrected chi connectivity index (χ0v) is 16.2. The average molecular weight is 375 g/mol. The van der Waals surface area contributed by atoms with Gasteiger partial charge in [0.05, 0.1) is 5.56 Å². The molecule has 4 nitrogen and oxygen atoms in total. The highest BCUT2D eigenvalue weighted by atomic mass is 32.2. The summed E-state index contributed by atoms with van der Waals surface area (Å²) in [5.74, 6) is 0.826. The molecule has 27 heavy (non-hydrogen) atoms. The van der Waals surface area contributed by atoms with Crippen LogP contribution in [0.5, 0.6) is 0 Å². The number of nitrogens with zero attached hydrogens (tertiary/aromatic N) is 2. The zero-order chi connectivity index (χ0) is 19.2. The van der Waals surface area contributed by atoms with Crippen molar-refractivity contribution in [2.45, 2.75) is 31.2 Å². The number of nitrogens with one attached hydrogen (secondary N) is 1. The number of hydrogen-bond donors (Lipinski definition) is 1. The maximum Gasteiger partial charge on any atom is 0.225 e. The van der Waals surface area contributed by atoms with Gasteiger partial charge in [0.1, 0.15) is 11.1 Å². The van der Waals surface area contributed by atoms with Crippen LogP contribution in [0, 0.1) is 11.3 Å². The van der Waals surface area contributed by atoms with Gasteiger partial charge in [0, 0.05) is 23.6 Å². The molecule has 0 bridgehead atoms. The number of thioether (sulfide) groups is 1. The fraction of sp³-hybridized carbons (Fsp3) is 0.227. The van der Waals surface area contributed by atoms with E-state index in [9.17, 15) is 10.1 Å². The molecule has 0 aliphatic rings. The molecule has 2 aromatic carbocycles. The highest BCUT2D eigenvalue weighted by Crippen LogP contribution is 2.24. The minimum atomic E-state index is -0.0451. The van der Waals surface area contributed by atoms with Crippen LogP contribution >= 0.6 is 11.8 Å². The van der Waals surface area contributed by atoms with Crippen molar-refractivity contribution in [2.24, 2.45) is 0 Å². The Morgan fingerprint density at radius 1 is 1.15 bits per heavy atom. The summed E-state index contributed by atoms with van der Waals surface area (Å²) in [7, 11) is 0. The van der Waals surface area contributed by atoms with Gasteiger partial charge in [-0.1, -0.05) is 44.2 Å². The number of pyridine rings is 1. The molecule has 0 saturated carbocycles. The van der Waals surface area contributed by atoms with Gasteiger partial charge in [0.25, 0.3) is 0 Å². The maximum atomic E-state index is 12.3. The van der Waals surface area contributed by atoms with Crippen molar-refractivity contribution in [1.29, 1.82) is 5.26 Å². The Balaban J connectivity index is 1.59. The van der Waals surface area contributed by atoms with Crippen LogP contribution in [0.3, 0.4) is 0 Å². The van der Waals surface area contributed by atoms with E-state index in [2.05, 4.69) is 30.2 Å². The number of nitriles is 1. The summed E-state index contributed by atoms with van der Waals surface area (Å²) in [5.41, 5.74) is 2.30. The summed E-state index contributed by atoms with van der Waals surface area (Å²) in [6, 6.07) is 19.8. The van der Waals surface area contributed by atoms with Gasteiger partial charge in [-0.05, 0) is 41.0 Å². The summed E-state index contributed by atoms with van der Waals surface area (Å²) in [5, 5.41) is 15.1. The van der Waals surface area contributed by atoms with Crippen LogP contribution in [0.1, 0.15) is 37.4 Å². The Kier molecular flexibility index (Phi) is 6.10. The van der Waals surface area contributed by atoms with Gasteiger partial charge in [-0.3, -0.25) is 4.79 Å². The minimum Gasteiger partial charge on any atom is -0.326 e. The van der Waals surface area contributed by atoms with E-state index in [4.69, 9.17) is 0 Å². The summed E-state index contributed by atoms with van der Waals surface area (Å²) in [6.45, 7) is 4.14. The lowest BCUT2D eigenvalue weighted by atomic mass is 10.1. The van der Waals surface area contributed by atoms with Crippen molar-refractivity contribution in [3.8, 4) is 6.07 Å². The van der Waals surface area contributed by atoms with Crippen molar-refractivity contribution in [3.63, 3.8) is 0 Å². The van der Waals surface area contributed by atoms with Gasteiger partial charge in [-0.2, -0.15) is 5.26 Å². The van der Waals surface area contributed by atoms with Crippen LogP contribution in [0.25, 0.3) is 10.8 Å². The van der Waals surface area contributed by atoms with Gasteiger partial charge in [0.15, 0.2) is 0 Å². The Morgan fingerprint density at radius 3 is 2.67 bits per heavy atom. The molecule has 0 atom stereocenters. The van der Waals surface area contributed by atoms with Crippen molar-refractivity contribution in [3.05, 3.63) is 65.9 Å². The first-order valence-corrected chi connectivity index (χ1v) is 9.88. The lowest BCUT2D eigenvalue weighted by Gasteiger charge is -2.09. The molecular formula is C22H21N3OS. The smallest absolute Gasteiger partial charge is 0.225 e. The van der Waals surface area contributed by atoms with Crippen LogP contribution in [0.15, 0.2) is 59.6 Å². The fourth-order valence-electron chi connectivity index (χ4n) is 2.70. The first-order valence-electron chi connectivity index (χ1n) is 8.89. The third kappa shape index (κ3) is 4.87. The number of carbonyl (C=O) groups excluding carboxylic acids is 1. The van der Waals surface area contributed by atoms with Gasteiger partial charge < -0.3 is 5.32 Å². The quantitative estimate of drug-likeness (QED) is 0.590. The number of benzene rings is 2. The van der Waals surface area contributed by atoms with Crippen LogP contribution in [-0.4, -0.2) is 16.6 Å². The molecule has 0 radical (unpaired) electrons. The van der Waals surface area contributed by atoms with E-state index in [-0.39, 0.29) is 5.91 Å². The van der Waals surface area contributed by atoms with Gasteiger partial charge in [0.2, 0.25) is 5.91 Å². The predicted molar refractivity (Wildman–Crippen MR) is 111 cm³/mol. The normalized spacial score (nSPS) is 10.7. The average Bonchev–Trinajstić information content (AvgIpc) is 2.67. The third-order valence-electron chi connectivity index (χ3n) is 4.19. The predicted octanol–water partition coefficient (Wildman–Crippen LogP) is 5.35. The standard InChI is InChI=1S/C22H21N3OS/c1-15(2)20-10-8-18(14-23)22(25-20)27-12-11-21(26)24-19-9-7-16-5-3-4-6-17(16)13-19/h3-10,13,15H,11-12H2,1-2H3,(H,24,26). The van der Waals surface area contributed by atoms with E-state index >= 15 is 0 Å². The molecule has 136 valence electrons. The Labute approximate surface area is 163 Å². The van der Waals surface area contributed by atoms with Crippen molar-refractivity contribution >= 4 is 34.1 Å². The van der Waals surface area contributed by atoms with Crippen LogP contribution in [0.4, 0.5) is 5.69 Å². The lowest BCUT2D eigenvalue weighted by Crippen LogP contribution is -2.12. The summed E-state index contributed by atoms with van der Waals surface area (Å²) < 4.78 is 0. The van der Waals surface area contributed by atoms with Crippen molar-refractivity contribution in [1.82, 2.24) is 4.98 Å². The van der Waals surface area contributed by atoms with Gasteiger partial charge in [-0.25, -0.2) is 4.98 Å². The van der Waals surface area contributed by atoms with Crippen LogP contribution in [0.2, 0.25) is 0 Å². The molecule has 1 heterocycles. The van der Waals surface area contributed by atoms with E-state index in [1.165, 1.54) is 11.8 Å². The molecule has 1 amide bonds. The molecule has 5 heteroatoms. The molecule has 0 spiro atoms. The molecule has 0 aliphatic heterocycles. The van der Waals surface area contributed by atoms with Gasteiger partial charge >= 0.3 is 0 Å². The first kappa shape index (κ1) is 18.9. The van der Waals surface area contributed by atoms with E-state index < -0.39 is 0 Å². The molecule has 0 fully saturated rings. The zero-order valence-electron chi connectivity index (χ0n) is 15.4. The van der Waals surface area contributed by atoms with Crippen molar-refractivity contribution < 1.29 is 4.79 Å². The van der Waals surface area contributed by atoms with Crippen LogP contribution < -0.4 is 5.32 Å². The van der Waals surface area contributed by atoms with E-state index in [0.717, 1.165) is 22.2 Å². The highest BCUT2D eigenvalue weighted by molar-refractivity contribution is 7.99. The van der Waals surface area contributed by atoms with Gasteiger partial charge in [-0.15, -0.1) is 11.8 Å². The first-order chi connectivity index (χ1) is 13.1. The largest absolute Gasteiger partial charge is 0.326 e. The van der Waals surface area contributed by atoms with E-state index in [0.29, 0.717) is 28.7 Å². The summed E-state index contributed by atoms with van der Waals surface area (Å²) in [6.07, 6.45) is 0.357. The SMILES string of the molecule is CC(C)c1ccc(C#N)c(SCCC(=O)Nc2ccc3ccccc3c2)n1. The topological polar surface area (TPSA) is 65.8 Å². The Hall–Kier alpha value is -2.84. The molecule has 0 unspecified atom stereocenters. The molecule has 3 aromatic rings. The molecule has 0 saturated heterocycles. The van der Waals surface area contributed by atoms with E-state index in [1.54, 1.807) is 6.07 Å². The molecule has 0 aliphatic carbocycles. The summed E-state index contributed by atoms with van der Waals surface area (Å²) in [4.78, 5) is 16.8. The highest BCUT2D eigenvalue weighted by Gasteiger charge is 2.10. The maximum absolute atomic E-state index is 12.3. The number of fused-ring (bicyclic) bond motifs is 1. The Bertz CT molecular complexity index is 1010. The second-order valence-electron chi connectivity index (χ2n) is 6.56.